The molecule has 2 aromatic carbocycles. The Bertz CT molecular complexity index is 432. The second-order valence-electron chi connectivity index (χ2n) is 3.34. The smallest absolute Gasteiger partial charge is 0.0632 e. The molecule has 14 heavy (non-hydrogen) atoms. The van der Waals surface area contributed by atoms with Gasteiger partial charge < -0.3 is 0 Å². The summed E-state index contributed by atoms with van der Waals surface area (Å²) in [5.41, 5.74) is 2.89. The molecule has 0 saturated carbocycles. The van der Waals surface area contributed by atoms with Gasteiger partial charge in [-0.25, -0.2) is 0 Å². The van der Waals surface area contributed by atoms with Gasteiger partial charge in [-0.1, -0.05) is 58.9 Å². The van der Waals surface area contributed by atoms with E-state index in [1.165, 1.54) is 21.5 Å². The van der Waals surface area contributed by atoms with Crippen LogP contribution in [0.5, 0.6) is 0 Å². The van der Waals surface area contributed by atoms with Gasteiger partial charge in [-0.05, 0) is 11.1 Å². The lowest BCUT2D eigenvalue weighted by molar-refractivity contribution is 1.67. The predicted molar refractivity (Wildman–Crippen MR) is 62.7 cm³/mol. The Hall–Kier alpha value is -1.13. The monoisotopic (exact) mass is 208 g/mol. The average Bonchev–Trinajstić information content (AvgIpc) is 2.29. The first kappa shape index (κ1) is 8.20. The van der Waals surface area contributed by atoms with Gasteiger partial charge in [0.05, 0.1) is 18.1 Å². The maximum atomic E-state index is 2.26. The average molecular weight is 208 g/mol. The SMILES string of the molecule is c1ccc2c(c1)[Si][Si]c1ccccc1-2. The standard InChI is InChI=1S/C12H8Si2/c1-3-7-11-9(5-1)10-6-2-4-8-12(10)14-13-11/h1-8H. The largest absolute Gasteiger partial charge is 0.0720 e. The lowest BCUT2D eigenvalue weighted by atomic mass is 10.1. The lowest BCUT2D eigenvalue weighted by Gasteiger charge is -2.17. The van der Waals surface area contributed by atoms with Crippen molar-refractivity contribution >= 4 is 28.4 Å². The quantitative estimate of drug-likeness (QED) is 0.565. The molecule has 0 fully saturated rings. The highest BCUT2D eigenvalue weighted by Gasteiger charge is 2.14. The van der Waals surface area contributed by atoms with Gasteiger partial charge in [0.1, 0.15) is 0 Å². The topological polar surface area (TPSA) is 0 Å². The van der Waals surface area contributed by atoms with E-state index in [0.29, 0.717) is 0 Å². The van der Waals surface area contributed by atoms with E-state index in [0.717, 1.165) is 18.1 Å². The molecule has 64 valence electrons. The van der Waals surface area contributed by atoms with Gasteiger partial charge in [0.25, 0.3) is 0 Å². The normalized spacial score (nSPS) is 13.1. The molecule has 0 atom stereocenters. The van der Waals surface area contributed by atoms with Gasteiger partial charge >= 0.3 is 0 Å². The van der Waals surface area contributed by atoms with E-state index in [1.807, 2.05) is 0 Å². The Morgan fingerprint density at radius 1 is 0.571 bits per heavy atom. The molecule has 3 rings (SSSR count). The first-order valence-electron chi connectivity index (χ1n) is 4.65. The molecular formula is C12H8Si2. The summed E-state index contributed by atoms with van der Waals surface area (Å²) in [7, 11) is 1.94. The summed E-state index contributed by atoms with van der Waals surface area (Å²) in [6, 6.07) is 17.6. The molecule has 0 aliphatic carbocycles. The van der Waals surface area contributed by atoms with Crippen LogP contribution in [0, 0.1) is 0 Å². The van der Waals surface area contributed by atoms with Crippen molar-refractivity contribution in [2.24, 2.45) is 0 Å². The molecule has 1 aliphatic rings. The fourth-order valence-electron chi connectivity index (χ4n) is 1.79. The zero-order valence-corrected chi connectivity index (χ0v) is 9.62. The van der Waals surface area contributed by atoms with Crippen molar-refractivity contribution in [3.05, 3.63) is 48.5 Å². The molecule has 0 saturated heterocycles. The van der Waals surface area contributed by atoms with Crippen LogP contribution < -0.4 is 10.4 Å². The number of hydrogen-bond donors (Lipinski definition) is 0. The number of hydrogen-bond acceptors (Lipinski definition) is 0. The Balaban J connectivity index is 2.29. The second-order valence-corrected chi connectivity index (χ2v) is 6.42. The third kappa shape index (κ3) is 1.19. The Morgan fingerprint density at radius 3 is 1.50 bits per heavy atom. The molecule has 0 bridgehead atoms. The zero-order valence-electron chi connectivity index (χ0n) is 7.62. The number of rotatable bonds is 0. The van der Waals surface area contributed by atoms with Crippen LogP contribution in [-0.2, 0) is 0 Å². The van der Waals surface area contributed by atoms with Crippen LogP contribution in [0.3, 0.4) is 0 Å². The van der Waals surface area contributed by atoms with Crippen LogP contribution in [0.15, 0.2) is 48.5 Å². The molecule has 0 nitrogen and oxygen atoms in total. The van der Waals surface area contributed by atoms with Crippen molar-refractivity contribution in [3.8, 4) is 11.1 Å². The maximum absolute atomic E-state index is 2.26. The minimum absolute atomic E-state index is 0.968. The summed E-state index contributed by atoms with van der Waals surface area (Å²) in [6.07, 6.45) is 0. The zero-order chi connectivity index (χ0) is 9.38. The maximum Gasteiger partial charge on any atom is 0.0720 e. The molecule has 1 aliphatic heterocycles. The van der Waals surface area contributed by atoms with E-state index < -0.39 is 0 Å². The number of benzene rings is 2. The van der Waals surface area contributed by atoms with Crippen LogP contribution in [0.4, 0.5) is 0 Å². The minimum atomic E-state index is 0.968. The van der Waals surface area contributed by atoms with E-state index in [1.54, 1.807) is 0 Å². The predicted octanol–water partition coefficient (Wildman–Crippen LogP) is 0.941. The van der Waals surface area contributed by atoms with Crippen molar-refractivity contribution < 1.29 is 0 Å². The Morgan fingerprint density at radius 2 is 1.00 bits per heavy atom. The number of fused-ring (bicyclic) bond motifs is 3. The van der Waals surface area contributed by atoms with Crippen LogP contribution >= 0.6 is 0 Å². The van der Waals surface area contributed by atoms with Gasteiger partial charge in [-0.2, -0.15) is 0 Å². The lowest BCUT2D eigenvalue weighted by Crippen LogP contribution is -2.37. The molecule has 0 N–H and O–H groups in total. The van der Waals surface area contributed by atoms with Crippen molar-refractivity contribution in [2.45, 2.75) is 0 Å². The van der Waals surface area contributed by atoms with Crippen molar-refractivity contribution in [1.82, 2.24) is 0 Å². The van der Waals surface area contributed by atoms with Gasteiger partial charge in [-0.3, -0.25) is 0 Å². The highest BCUT2D eigenvalue weighted by Crippen LogP contribution is 2.16. The summed E-state index contributed by atoms with van der Waals surface area (Å²) < 4.78 is 0. The van der Waals surface area contributed by atoms with Gasteiger partial charge in [0.15, 0.2) is 0 Å². The second kappa shape index (κ2) is 3.22. The van der Waals surface area contributed by atoms with E-state index in [-0.39, 0.29) is 0 Å². The van der Waals surface area contributed by atoms with E-state index >= 15 is 0 Å². The van der Waals surface area contributed by atoms with Crippen LogP contribution in [0.1, 0.15) is 0 Å². The summed E-state index contributed by atoms with van der Waals surface area (Å²) >= 11 is 0. The van der Waals surface area contributed by atoms with Crippen LogP contribution in [0.25, 0.3) is 11.1 Å². The third-order valence-electron chi connectivity index (χ3n) is 2.48. The first-order chi connectivity index (χ1) is 6.95. The molecule has 0 spiro atoms. The van der Waals surface area contributed by atoms with Gasteiger partial charge in [0, 0.05) is 0 Å². The molecule has 2 heteroatoms. The van der Waals surface area contributed by atoms with E-state index in [9.17, 15) is 0 Å². The van der Waals surface area contributed by atoms with Crippen LogP contribution in [0.2, 0.25) is 0 Å². The summed E-state index contributed by atoms with van der Waals surface area (Å²) in [5.74, 6) is 0. The molecule has 2 aromatic rings. The van der Waals surface area contributed by atoms with E-state index in [2.05, 4.69) is 48.5 Å². The fourth-order valence-corrected chi connectivity index (χ4v) is 5.24. The molecule has 0 unspecified atom stereocenters. The van der Waals surface area contributed by atoms with Crippen molar-refractivity contribution in [1.29, 1.82) is 0 Å². The highest BCUT2D eigenvalue weighted by molar-refractivity contribution is 7.14. The fraction of sp³-hybridized carbons (Fsp3) is 0. The summed E-state index contributed by atoms with van der Waals surface area (Å²) in [5, 5.41) is 3.06. The summed E-state index contributed by atoms with van der Waals surface area (Å²) in [6.45, 7) is 0. The van der Waals surface area contributed by atoms with Crippen molar-refractivity contribution in [2.75, 3.05) is 0 Å². The highest BCUT2D eigenvalue weighted by atomic mass is 29.1. The van der Waals surface area contributed by atoms with Crippen molar-refractivity contribution in [3.63, 3.8) is 0 Å². The summed E-state index contributed by atoms with van der Waals surface area (Å²) in [4.78, 5) is 0. The third-order valence-corrected chi connectivity index (χ3v) is 6.00. The molecular weight excluding hydrogens is 200 g/mol. The Labute approximate surface area is 88.4 Å². The minimum Gasteiger partial charge on any atom is -0.0632 e. The van der Waals surface area contributed by atoms with E-state index in [4.69, 9.17) is 0 Å². The molecule has 0 amide bonds. The van der Waals surface area contributed by atoms with Crippen LogP contribution in [-0.4, -0.2) is 18.1 Å². The first-order valence-corrected chi connectivity index (χ1v) is 7.65. The van der Waals surface area contributed by atoms with Gasteiger partial charge in [0.2, 0.25) is 0 Å². The Kier molecular flexibility index (Phi) is 1.89. The molecule has 0 aromatic heterocycles. The molecule has 4 radical (unpaired) electrons. The molecule has 1 heterocycles. The van der Waals surface area contributed by atoms with Gasteiger partial charge in [-0.15, -0.1) is 0 Å².